The summed E-state index contributed by atoms with van der Waals surface area (Å²) in [5, 5.41) is 12.5. The van der Waals surface area contributed by atoms with Crippen molar-refractivity contribution in [2.45, 2.75) is 25.7 Å². The van der Waals surface area contributed by atoms with E-state index in [1.807, 2.05) is 0 Å². The number of hydrogen-bond acceptors (Lipinski definition) is 4. The molecule has 1 aliphatic heterocycles. The molecule has 0 bridgehead atoms. The van der Waals surface area contributed by atoms with E-state index in [0.29, 0.717) is 26.3 Å². The van der Waals surface area contributed by atoms with Gasteiger partial charge in [-0.2, -0.15) is 0 Å². The number of nitrogens with one attached hydrogen (secondary N) is 1. The molecule has 1 saturated carbocycles. The van der Waals surface area contributed by atoms with Crippen LogP contribution in [0.2, 0.25) is 0 Å². The lowest BCUT2D eigenvalue weighted by molar-refractivity contribution is -0.123. The van der Waals surface area contributed by atoms with Crippen molar-refractivity contribution >= 4 is 5.91 Å². The van der Waals surface area contributed by atoms with Crippen LogP contribution in [-0.4, -0.2) is 61.9 Å². The Hall–Kier alpha value is -0.650. The number of nitrogens with zero attached hydrogens (tertiary/aromatic N) is 1. The standard InChI is InChI=1S/C13H24N2O3/c16-11-13(3-1-2-4-13)10-14-12(17)9-15-5-7-18-8-6-15/h16H,1-11H2,(H,14,17). The van der Waals surface area contributed by atoms with E-state index in [1.54, 1.807) is 0 Å². The summed E-state index contributed by atoms with van der Waals surface area (Å²) < 4.78 is 5.25. The Bertz CT molecular complexity index is 271. The second-order valence-electron chi connectivity index (χ2n) is 5.53. The van der Waals surface area contributed by atoms with Gasteiger partial charge in [0.15, 0.2) is 0 Å². The first-order valence-electron chi connectivity index (χ1n) is 6.92. The number of morpholine rings is 1. The van der Waals surface area contributed by atoms with Gasteiger partial charge in [0.1, 0.15) is 0 Å². The quantitative estimate of drug-likeness (QED) is 0.726. The van der Waals surface area contributed by atoms with Gasteiger partial charge in [0.2, 0.25) is 5.91 Å². The highest BCUT2D eigenvalue weighted by molar-refractivity contribution is 5.78. The highest BCUT2D eigenvalue weighted by Gasteiger charge is 2.33. The maximum atomic E-state index is 11.9. The summed E-state index contributed by atoms with van der Waals surface area (Å²) in [5.41, 5.74) is -0.0549. The van der Waals surface area contributed by atoms with Gasteiger partial charge in [0.25, 0.3) is 0 Å². The number of aliphatic hydroxyl groups is 1. The van der Waals surface area contributed by atoms with Crippen LogP contribution in [0.4, 0.5) is 0 Å². The van der Waals surface area contributed by atoms with Crippen LogP contribution in [0.5, 0.6) is 0 Å². The zero-order chi connectivity index (χ0) is 12.8. The molecule has 2 N–H and O–H groups in total. The third-order valence-corrected chi connectivity index (χ3v) is 4.13. The molecule has 0 atom stereocenters. The average Bonchev–Trinajstić information content (AvgIpc) is 2.87. The molecule has 2 rings (SSSR count). The van der Waals surface area contributed by atoms with E-state index in [9.17, 15) is 9.90 Å². The Morgan fingerprint density at radius 1 is 1.28 bits per heavy atom. The average molecular weight is 256 g/mol. The number of carbonyl (C=O) groups is 1. The molecule has 0 spiro atoms. The topological polar surface area (TPSA) is 61.8 Å². The van der Waals surface area contributed by atoms with Crippen LogP contribution in [0.25, 0.3) is 0 Å². The van der Waals surface area contributed by atoms with E-state index in [-0.39, 0.29) is 17.9 Å². The maximum Gasteiger partial charge on any atom is 0.234 e. The molecular formula is C13H24N2O3. The minimum absolute atomic E-state index is 0.0549. The molecule has 104 valence electrons. The van der Waals surface area contributed by atoms with E-state index >= 15 is 0 Å². The molecule has 1 heterocycles. The first-order chi connectivity index (χ1) is 8.74. The van der Waals surface area contributed by atoms with Crippen LogP contribution in [0.15, 0.2) is 0 Å². The largest absolute Gasteiger partial charge is 0.396 e. The number of hydrogen-bond donors (Lipinski definition) is 2. The predicted octanol–water partition coefficient (Wildman–Crippen LogP) is -0.0125. The molecule has 0 radical (unpaired) electrons. The van der Waals surface area contributed by atoms with Gasteiger partial charge in [-0.15, -0.1) is 0 Å². The van der Waals surface area contributed by atoms with Gasteiger partial charge in [-0.1, -0.05) is 12.8 Å². The summed E-state index contributed by atoms with van der Waals surface area (Å²) in [4.78, 5) is 14.0. The Balaban J connectivity index is 1.70. The van der Waals surface area contributed by atoms with E-state index < -0.39 is 0 Å². The molecule has 0 aromatic carbocycles. The van der Waals surface area contributed by atoms with E-state index in [1.165, 1.54) is 12.8 Å². The highest BCUT2D eigenvalue weighted by atomic mass is 16.5. The molecule has 2 fully saturated rings. The van der Waals surface area contributed by atoms with Crippen LogP contribution >= 0.6 is 0 Å². The predicted molar refractivity (Wildman–Crippen MR) is 68.3 cm³/mol. The number of ether oxygens (including phenoxy) is 1. The van der Waals surface area contributed by atoms with Gasteiger partial charge < -0.3 is 15.2 Å². The lowest BCUT2D eigenvalue weighted by atomic mass is 9.87. The van der Waals surface area contributed by atoms with E-state index in [0.717, 1.165) is 25.9 Å². The van der Waals surface area contributed by atoms with Crippen molar-refractivity contribution in [2.24, 2.45) is 5.41 Å². The summed E-state index contributed by atoms with van der Waals surface area (Å²) in [6, 6.07) is 0. The van der Waals surface area contributed by atoms with Crippen LogP contribution in [-0.2, 0) is 9.53 Å². The Morgan fingerprint density at radius 2 is 1.94 bits per heavy atom. The molecule has 5 nitrogen and oxygen atoms in total. The zero-order valence-electron chi connectivity index (χ0n) is 11.0. The number of carbonyl (C=O) groups excluding carboxylic acids is 1. The summed E-state index contributed by atoms with van der Waals surface area (Å²) in [5.74, 6) is 0.0663. The second kappa shape index (κ2) is 6.50. The molecule has 18 heavy (non-hydrogen) atoms. The van der Waals surface area contributed by atoms with Crippen molar-refractivity contribution in [3.05, 3.63) is 0 Å². The number of aliphatic hydroxyl groups excluding tert-OH is 1. The molecule has 0 aromatic heterocycles. The lowest BCUT2D eigenvalue weighted by Gasteiger charge is -2.29. The molecule has 0 aromatic rings. The van der Waals surface area contributed by atoms with Crippen molar-refractivity contribution in [1.82, 2.24) is 10.2 Å². The first-order valence-corrected chi connectivity index (χ1v) is 6.92. The van der Waals surface area contributed by atoms with Gasteiger partial charge in [-0.05, 0) is 12.8 Å². The Labute approximate surface area is 108 Å². The normalized spacial score (nSPS) is 24.1. The van der Waals surface area contributed by atoms with Crippen molar-refractivity contribution in [3.8, 4) is 0 Å². The minimum Gasteiger partial charge on any atom is -0.396 e. The summed E-state index contributed by atoms with van der Waals surface area (Å²) in [6.45, 7) is 4.35. The van der Waals surface area contributed by atoms with Gasteiger partial charge in [0.05, 0.1) is 26.4 Å². The Morgan fingerprint density at radius 3 is 2.56 bits per heavy atom. The van der Waals surface area contributed by atoms with Crippen LogP contribution in [0.3, 0.4) is 0 Å². The molecule has 1 amide bonds. The smallest absolute Gasteiger partial charge is 0.234 e. The van der Waals surface area contributed by atoms with Gasteiger partial charge >= 0.3 is 0 Å². The van der Waals surface area contributed by atoms with Gasteiger partial charge in [0, 0.05) is 25.0 Å². The molecule has 2 aliphatic rings. The van der Waals surface area contributed by atoms with E-state index in [4.69, 9.17) is 4.74 Å². The van der Waals surface area contributed by atoms with Crippen molar-refractivity contribution in [2.75, 3.05) is 46.0 Å². The minimum atomic E-state index is -0.0549. The molecule has 1 saturated heterocycles. The zero-order valence-corrected chi connectivity index (χ0v) is 11.0. The van der Waals surface area contributed by atoms with E-state index in [2.05, 4.69) is 10.2 Å². The summed E-state index contributed by atoms with van der Waals surface area (Å²) in [7, 11) is 0. The van der Waals surface area contributed by atoms with Crippen LogP contribution in [0.1, 0.15) is 25.7 Å². The SMILES string of the molecule is O=C(CN1CCOCC1)NCC1(CO)CCCC1. The van der Waals surface area contributed by atoms with Crippen molar-refractivity contribution in [3.63, 3.8) is 0 Å². The lowest BCUT2D eigenvalue weighted by Crippen LogP contribution is -2.46. The van der Waals surface area contributed by atoms with Crippen LogP contribution < -0.4 is 5.32 Å². The summed E-state index contributed by atoms with van der Waals surface area (Å²) >= 11 is 0. The molecular weight excluding hydrogens is 232 g/mol. The molecule has 5 heteroatoms. The fourth-order valence-electron chi connectivity index (χ4n) is 2.82. The number of rotatable bonds is 5. The van der Waals surface area contributed by atoms with Crippen molar-refractivity contribution < 1.29 is 14.6 Å². The fourth-order valence-corrected chi connectivity index (χ4v) is 2.82. The Kier molecular flexibility index (Phi) is 4.97. The third kappa shape index (κ3) is 3.67. The van der Waals surface area contributed by atoms with Gasteiger partial charge in [-0.25, -0.2) is 0 Å². The maximum absolute atomic E-state index is 11.9. The highest BCUT2D eigenvalue weighted by Crippen LogP contribution is 2.36. The first kappa shape index (κ1) is 13.8. The third-order valence-electron chi connectivity index (χ3n) is 4.13. The number of amides is 1. The van der Waals surface area contributed by atoms with Crippen molar-refractivity contribution in [1.29, 1.82) is 0 Å². The monoisotopic (exact) mass is 256 g/mol. The molecule has 0 unspecified atom stereocenters. The molecule has 1 aliphatic carbocycles. The second-order valence-corrected chi connectivity index (χ2v) is 5.53. The van der Waals surface area contributed by atoms with Gasteiger partial charge in [-0.3, -0.25) is 9.69 Å². The van der Waals surface area contributed by atoms with Crippen LogP contribution in [0, 0.1) is 5.41 Å². The fraction of sp³-hybridized carbons (Fsp3) is 0.923. The summed E-state index contributed by atoms with van der Waals surface area (Å²) in [6.07, 6.45) is 4.39.